The van der Waals surface area contributed by atoms with Crippen molar-refractivity contribution in [3.8, 4) is 0 Å². The molecule has 0 aromatic heterocycles. The minimum Gasteiger partial charge on any atom is -0.379 e. The van der Waals surface area contributed by atoms with E-state index in [9.17, 15) is 9.59 Å². The highest BCUT2D eigenvalue weighted by atomic mass is 16.5. The van der Waals surface area contributed by atoms with Crippen LogP contribution in [-0.2, 0) is 14.3 Å². The zero-order chi connectivity index (χ0) is 19.6. The summed E-state index contributed by atoms with van der Waals surface area (Å²) in [5.41, 5.74) is 3.26. The van der Waals surface area contributed by atoms with Crippen LogP contribution in [0, 0.1) is 23.2 Å². The van der Waals surface area contributed by atoms with Crippen LogP contribution in [0.2, 0.25) is 0 Å². The van der Waals surface area contributed by atoms with Crippen LogP contribution in [0.4, 0.5) is 0 Å². The summed E-state index contributed by atoms with van der Waals surface area (Å²) in [6, 6.07) is 0. The van der Waals surface area contributed by atoms with Gasteiger partial charge in [-0.3, -0.25) is 14.5 Å². The topological polar surface area (TPSA) is 83.0 Å². The predicted octanol–water partition coefficient (Wildman–Crippen LogP) is 1.53. The molecule has 2 amide bonds. The van der Waals surface area contributed by atoms with Crippen molar-refractivity contribution in [3.63, 3.8) is 0 Å². The maximum atomic E-state index is 12.9. The highest BCUT2D eigenvalue weighted by Gasteiger charge is 2.54. The van der Waals surface area contributed by atoms with Crippen LogP contribution in [0.25, 0.3) is 0 Å². The molecule has 0 aromatic rings. The Morgan fingerprint density at radius 1 is 1.07 bits per heavy atom. The summed E-state index contributed by atoms with van der Waals surface area (Å²) in [4.78, 5) is 27.3. The first-order valence-electron chi connectivity index (χ1n) is 10.9. The molecule has 7 nitrogen and oxygen atoms in total. The van der Waals surface area contributed by atoms with Crippen LogP contribution in [0.5, 0.6) is 0 Å². The molecule has 0 radical (unpaired) electrons. The first-order valence-corrected chi connectivity index (χ1v) is 10.9. The number of nitrogens with zero attached hydrogens (tertiary/aromatic N) is 2. The highest BCUT2D eigenvalue weighted by molar-refractivity contribution is 6.00. The summed E-state index contributed by atoms with van der Waals surface area (Å²) >= 11 is 0. The quantitative estimate of drug-likeness (QED) is 0.510. The fourth-order valence-electron chi connectivity index (χ4n) is 6.17. The molecule has 2 N–H and O–H groups in total. The maximum absolute atomic E-state index is 12.9. The average Bonchev–Trinajstić information content (AvgIpc) is 2.66. The van der Waals surface area contributed by atoms with E-state index in [1.165, 1.54) is 19.3 Å². The number of hydrogen-bond donors (Lipinski definition) is 2. The van der Waals surface area contributed by atoms with Crippen molar-refractivity contribution in [2.75, 3.05) is 39.4 Å². The third-order valence-electron chi connectivity index (χ3n) is 7.14. The molecule has 5 rings (SSSR count). The molecular weight excluding hydrogens is 356 g/mol. The largest absolute Gasteiger partial charge is 0.379 e. The fourth-order valence-corrected chi connectivity index (χ4v) is 6.17. The minimum atomic E-state index is -0.195. The molecule has 0 aromatic carbocycles. The van der Waals surface area contributed by atoms with Crippen LogP contribution in [-0.4, -0.2) is 61.8 Å². The van der Waals surface area contributed by atoms with Crippen LogP contribution in [0.15, 0.2) is 5.10 Å². The molecule has 28 heavy (non-hydrogen) atoms. The Labute approximate surface area is 167 Å². The molecule has 5 fully saturated rings. The molecule has 7 heteroatoms. The number of nitrogens with one attached hydrogen (secondary N) is 2. The molecule has 1 heterocycles. The van der Waals surface area contributed by atoms with Gasteiger partial charge in [0.05, 0.1) is 25.0 Å². The SMILES string of the molecule is C/C(CC(=O)NCCN1CCOCC1)=N/NC(=O)C12CC3CC(CC(C3)C1)C2. The molecule has 0 spiro atoms. The minimum absolute atomic E-state index is 0.0430. The lowest BCUT2D eigenvalue weighted by molar-refractivity contribution is -0.146. The Kier molecular flexibility index (Phi) is 6.01. The van der Waals surface area contributed by atoms with Gasteiger partial charge in [-0.15, -0.1) is 0 Å². The van der Waals surface area contributed by atoms with E-state index in [4.69, 9.17) is 4.74 Å². The summed E-state index contributed by atoms with van der Waals surface area (Å²) < 4.78 is 5.32. The van der Waals surface area contributed by atoms with Crippen molar-refractivity contribution in [1.29, 1.82) is 0 Å². The lowest BCUT2D eigenvalue weighted by Crippen LogP contribution is -2.52. The van der Waals surface area contributed by atoms with Gasteiger partial charge in [0, 0.05) is 31.9 Å². The Bertz CT molecular complexity index is 592. The summed E-state index contributed by atoms with van der Waals surface area (Å²) in [5.74, 6) is 2.25. The molecule has 4 bridgehead atoms. The van der Waals surface area contributed by atoms with Gasteiger partial charge in [-0.25, -0.2) is 5.43 Å². The average molecular weight is 391 g/mol. The summed E-state index contributed by atoms with van der Waals surface area (Å²) in [6.07, 6.45) is 7.27. The normalized spacial score (nSPS) is 35.0. The maximum Gasteiger partial charge on any atom is 0.246 e. The number of ether oxygens (including phenoxy) is 1. The van der Waals surface area contributed by atoms with E-state index in [1.807, 2.05) is 6.92 Å². The van der Waals surface area contributed by atoms with Crippen LogP contribution in [0.3, 0.4) is 0 Å². The van der Waals surface area contributed by atoms with E-state index in [1.54, 1.807) is 0 Å². The monoisotopic (exact) mass is 390 g/mol. The summed E-state index contributed by atoms with van der Waals surface area (Å²) in [7, 11) is 0. The second-order valence-electron chi connectivity index (χ2n) is 9.47. The first kappa shape index (κ1) is 19.8. The second kappa shape index (κ2) is 8.49. The van der Waals surface area contributed by atoms with Gasteiger partial charge in [0.2, 0.25) is 11.8 Å². The van der Waals surface area contributed by atoms with Crippen LogP contribution in [0.1, 0.15) is 51.9 Å². The Balaban J connectivity index is 1.20. The standard InChI is InChI=1S/C21H34N4O3/c1-15(8-19(26)22-2-3-25-4-6-28-7-5-25)23-24-20(27)21-12-16-9-17(13-21)11-18(10-16)14-21/h16-18H,2-14H2,1H3,(H,22,26)(H,24,27)/b23-15-. The molecule has 5 aliphatic rings. The van der Waals surface area contributed by atoms with Gasteiger partial charge in [0.15, 0.2) is 0 Å². The highest BCUT2D eigenvalue weighted by Crippen LogP contribution is 2.60. The predicted molar refractivity (Wildman–Crippen MR) is 107 cm³/mol. The Hall–Kier alpha value is -1.47. The molecule has 1 saturated heterocycles. The number of morpholine rings is 1. The van der Waals surface area contributed by atoms with Gasteiger partial charge >= 0.3 is 0 Å². The molecule has 4 aliphatic carbocycles. The number of carbonyl (C=O) groups excluding carboxylic acids is 2. The molecule has 1 aliphatic heterocycles. The zero-order valence-electron chi connectivity index (χ0n) is 17.0. The summed E-state index contributed by atoms with van der Waals surface area (Å²) in [6.45, 7) is 6.66. The molecule has 156 valence electrons. The van der Waals surface area contributed by atoms with Gasteiger partial charge in [-0.1, -0.05) is 0 Å². The third-order valence-corrected chi connectivity index (χ3v) is 7.14. The second-order valence-corrected chi connectivity index (χ2v) is 9.47. The number of amides is 2. The zero-order valence-corrected chi connectivity index (χ0v) is 17.0. The van der Waals surface area contributed by atoms with E-state index in [0.717, 1.165) is 69.9 Å². The van der Waals surface area contributed by atoms with Gasteiger partial charge in [0.25, 0.3) is 0 Å². The molecule has 0 atom stereocenters. The Morgan fingerprint density at radius 3 is 2.29 bits per heavy atom. The first-order chi connectivity index (χ1) is 13.5. The van der Waals surface area contributed by atoms with Gasteiger partial charge in [-0.2, -0.15) is 5.10 Å². The smallest absolute Gasteiger partial charge is 0.246 e. The van der Waals surface area contributed by atoms with Crippen LogP contribution >= 0.6 is 0 Å². The van der Waals surface area contributed by atoms with Crippen molar-refractivity contribution in [3.05, 3.63) is 0 Å². The fraction of sp³-hybridized carbons (Fsp3) is 0.857. The van der Waals surface area contributed by atoms with E-state index < -0.39 is 0 Å². The van der Waals surface area contributed by atoms with Gasteiger partial charge in [0.1, 0.15) is 0 Å². The summed E-state index contributed by atoms with van der Waals surface area (Å²) in [5, 5.41) is 7.19. The van der Waals surface area contributed by atoms with Crippen molar-refractivity contribution in [1.82, 2.24) is 15.6 Å². The molecular formula is C21H34N4O3. The molecule has 0 unspecified atom stereocenters. The van der Waals surface area contributed by atoms with Gasteiger partial charge < -0.3 is 10.1 Å². The van der Waals surface area contributed by atoms with Crippen molar-refractivity contribution < 1.29 is 14.3 Å². The lowest BCUT2D eigenvalue weighted by atomic mass is 9.49. The third kappa shape index (κ3) is 4.57. The molecule has 4 saturated carbocycles. The number of rotatable bonds is 7. The number of carbonyl (C=O) groups is 2. The van der Waals surface area contributed by atoms with E-state index in [2.05, 4.69) is 20.7 Å². The van der Waals surface area contributed by atoms with E-state index >= 15 is 0 Å². The number of hydrogen-bond acceptors (Lipinski definition) is 5. The van der Waals surface area contributed by atoms with E-state index in [-0.39, 0.29) is 23.7 Å². The van der Waals surface area contributed by atoms with Crippen LogP contribution < -0.4 is 10.7 Å². The lowest BCUT2D eigenvalue weighted by Gasteiger charge is -2.55. The number of hydrazone groups is 1. The van der Waals surface area contributed by atoms with Crippen molar-refractivity contribution >= 4 is 17.5 Å². The Morgan fingerprint density at radius 2 is 1.68 bits per heavy atom. The van der Waals surface area contributed by atoms with Crippen molar-refractivity contribution in [2.45, 2.75) is 51.9 Å². The van der Waals surface area contributed by atoms with Crippen molar-refractivity contribution in [2.24, 2.45) is 28.3 Å². The van der Waals surface area contributed by atoms with E-state index in [0.29, 0.717) is 12.3 Å². The van der Waals surface area contributed by atoms with Gasteiger partial charge in [-0.05, 0) is 63.2 Å².